The minimum atomic E-state index is 0.0237. The average Bonchev–Trinajstić information content (AvgIpc) is 3.06. The van der Waals surface area contributed by atoms with E-state index in [1.54, 1.807) is 18.1 Å². The smallest absolute Gasteiger partial charge is 0.191 e. The van der Waals surface area contributed by atoms with Crippen molar-refractivity contribution in [2.75, 3.05) is 20.1 Å². The highest BCUT2D eigenvalue weighted by atomic mass is 15.3. The highest BCUT2D eigenvalue weighted by Gasteiger charge is 2.29. The van der Waals surface area contributed by atoms with Crippen LogP contribution >= 0.6 is 0 Å². The summed E-state index contributed by atoms with van der Waals surface area (Å²) < 4.78 is 1.76. The first-order chi connectivity index (χ1) is 12.5. The van der Waals surface area contributed by atoms with Crippen LogP contribution in [0, 0.1) is 0 Å². The van der Waals surface area contributed by atoms with Gasteiger partial charge >= 0.3 is 0 Å². The number of rotatable bonds is 5. The Morgan fingerprint density at radius 3 is 2.69 bits per heavy atom. The minimum Gasteiger partial charge on any atom is -0.355 e. The molecule has 26 heavy (non-hydrogen) atoms. The molecule has 1 aromatic heterocycles. The van der Waals surface area contributed by atoms with Gasteiger partial charge < -0.3 is 10.6 Å². The number of aliphatic imine (C=N–C) groups is 1. The van der Waals surface area contributed by atoms with Crippen LogP contribution < -0.4 is 10.6 Å². The van der Waals surface area contributed by atoms with E-state index in [1.807, 2.05) is 7.05 Å². The van der Waals surface area contributed by atoms with Crippen LogP contribution in [0.5, 0.6) is 0 Å². The standard InChI is InChI=1S/C19H29N7/c1-19(2,26-10-9-15-7-5-6-8-16(15)12-26)13-22-18(20-3)21-11-17-23-14-24-25(17)4/h5-8,14H,9-13H2,1-4H3,(H2,20,21,22). The molecule has 0 amide bonds. The number of nitrogens with zero attached hydrogens (tertiary/aromatic N) is 5. The highest BCUT2D eigenvalue weighted by molar-refractivity contribution is 5.79. The quantitative estimate of drug-likeness (QED) is 0.625. The summed E-state index contributed by atoms with van der Waals surface area (Å²) in [5.74, 6) is 1.65. The molecular weight excluding hydrogens is 326 g/mol. The van der Waals surface area contributed by atoms with Crippen molar-refractivity contribution in [3.8, 4) is 0 Å². The Bertz CT molecular complexity index is 763. The van der Waals surface area contributed by atoms with E-state index in [2.05, 4.69) is 68.7 Å². The molecule has 1 aromatic carbocycles. The lowest BCUT2D eigenvalue weighted by molar-refractivity contribution is 0.107. The number of guanidine groups is 1. The van der Waals surface area contributed by atoms with Gasteiger partial charge in [0.05, 0.1) is 6.54 Å². The first kappa shape index (κ1) is 18.4. The Kier molecular flexibility index (Phi) is 5.56. The average molecular weight is 355 g/mol. The topological polar surface area (TPSA) is 70.4 Å². The minimum absolute atomic E-state index is 0.0237. The fourth-order valence-electron chi connectivity index (χ4n) is 3.29. The van der Waals surface area contributed by atoms with Crippen molar-refractivity contribution in [3.63, 3.8) is 0 Å². The second kappa shape index (κ2) is 7.86. The van der Waals surface area contributed by atoms with Crippen LogP contribution in [0.2, 0.25) is 0 Å². The molecule has 7 heteroatoms. The maximum absolute atomic E-state index is 4.32. The van der Waals surface area contributed by atoms with Crippen LogP contribution in [-0.4, -0.2) is 51.3 Å². The number of nitrogens with one attached hydrogen (secondary N) is 2. The van der Waals surface area contributed by atoms with Crippen molar-refractivity contribution in [2.24, 2.45) is 12.0 Å². The molecule has 0 spiro atoms. The van der Waals surface area contributed by atoms with Crippen LogP contribution in [0.15, 0.2) is 35.6 Å². The Morgan fingerprint density at radius 1 is 1.23 bits per heavy atom. The van der Waals surface area contributed by atoms with Crippen LogP contribution in [-0.2, 0) is 26.6 Å². The van der Waals surface area contributed by atoms with E-state index >= 15 is 0 Å². The SMILES string of the molecule is CN=C(NCc1ncnn1C)NCC(C)(C)N1CCc2ccccc2C1. The van der Waals surface area contributed by atoms with E-state index in [0.717, 1.165) is 37.8 Å². The zero-order valence-electron chi connectivity index (χ0n) is 16.2. The summed E-state index contributed by atoms with van der Waals surface area (Å²) in [6.07, 6.45) is 2.67. The summed E-state index contributed by atoms with van der Waals surface area (Å²) in [5, 5.41) is 10.8. The second-order valence-corrected chi connectivity index (χ2v) is 7.33. The molecular formula is C19H29N7. The molecule has 0 unspecified atom stereocenters. The molecule has 3 rings (SSSR count). The van der Waals surface area contributed by atoms with Crippen molar-refractivity contribution >= 4 is 5.96 Å². The van der Waals surface area contributed by atoms with Crippen molar-refractivity contribution < 1.29 is 0 Å². The third-order valence-electron chi connectivity index (χ3n) is 5.12. The normalized spacial score (nSPS) is 15.6. The van der Waals surface area contributed by atoms with Gasteiger partial charge in [-0.1, -0.05) is 24.3 Å². The molecule has 140 valence electrons. The van der Waals surface area contributed by atoms with E-state index in [4.69, 9.17) is 0 Å². The van der Waals surface area contributed by atoms with E-state index < -0.39 is 0 Å². The molecule has 2 aromatic rings. The number of hydrogen-bond acceptors (Lipinski definition) is 4. The van der Waals surface area contributed by atoms with Gasteiger partial charge in [0.1, 0.15) is 12.2 Å². The van der Waals surface area contributed by atoms with Crippen LogP contribution in [0.1, 0.15) is 30.8 Å². The lowest BCUT2D eigenvalue weighted by Gasteiger charge is -2.42. The number of hydrogen-bond donors (Lipinski definition) is 2. The Morgan fingerprint density at radius 2 is 2.00 bits per heavy atom. The third kappa shape index (κ3) is 4.22. The molecule has 0 atom stereocenters. The Hall–Kier alpha value is -2.41. The maximum Gasteiger partial charge on any atom is 0.191 e. The molecule has 0 radical (unpaired) electrons. The summed E-state index contributed by atoms with van der Waals surface area (Å²) >= 11 is 0. The first-order valence-electron chi connectivity index (χ1n) is 9.09. The zero-order valence-corrected chi connectivity index (χ0v) is 16.2. The van der Waals surface area contributed by atoms with Crippen LogP contribution in [0.3, 0.4) is 0 Å². The molecule has 0 aliphatic carbocycles. The maximum atomic E-state index is 4.32. The molecule has 7 nitrogen and oxygen atoms in total. The summed E-state index contributed by atoms with van der Waals surface area (Å²) in [6, 6.07) is 8.75. The lowest BCUT2D eigenvalue weighted by Crippen LogP contribution is -2.54. The monoisotopic (exact) mass is 355 g/mol. The number of aromatic nitrogens is 3. The zero-order chi connectivity index (χ0) is 18.6. The van der Waals surface area contributed by atoms with E-state index in [-0.39, 0.29) is 5.54 Å². The van der Waals surface area contributed by atoms with Gasteiger partial charge in [0.15, 0.2) is 5.96 Å². The fourth-order valence-corrected chi connectivity index (χ4v) is 3.29. The molecule has 2 N–H and O–H groups in total. The molecule has 0 saturated heterocycles. The van der Waals surface area contributed by atoms with Crippen LogP contribution in [0.4, 0.5) is 0 Å². The summed E-state index contributed by atoms with van der Waals surface area (Å²) in [5.41, 5.74) is 2.95. The fraction of sp³-hybridized carbons (Fsp3) is 0.526. The Balaban J connectivity index is 1.54. The highest BCUT2D eigenvalue weighted by Crippen LogP contribution is 2.24. The molecule has 0 fully saturated rings. The van der Waals surface area contributed by atoms with Gasteiger partial charge in [-0.15, -0.1) is 0 Å². The number of aryl methyl sites for hydroxylation is 1. The number of benzene rings is 1. The molecule has 1 aliphatic rings. The van der Waals surface area contributed by atoms with Gasteiger partial charge in [-0.05, 0) is 31.4 Å². The molecule has 0 saturated carbocycles. The Labute approximate surface area is 155 Å². The van der Waals surface area contributed by atoms with E-state index in [0.29, 0.717) is 6.54 Å². The number of fused-ring (bicyclic) bond motifs is 1. The largest absolute Gasteiger partial charge is 0.355 e. The van der Waals surface area contributed by atoms with Crippen molar-refractivity contribution in [3.05, 3.63) is 47.5 Å². The summed E-state index contributed by atoms with van der Waals surface area (Å²) in [4.78, 5) is 11.1. The lowest BCUT2D eigenvalue weighted by atomic mass is 9.94. The second-order valence-electron chi connectivity index (χ2n) is 7.33. The van der Waals surface area contributed by atoms with Gasteiger partial charge in [-0.3, -0.25) is 14.6 Å². The van der Waals surface area contributed by atoms with Gasteiger partial charge in [0, 0.05) is 39.3 Å². The van der Waals surface area contributed by atoms with Gasteiger partial charge in [0.25, 0.3) is 0 Å². The predicted molar refractivity (Wildman–Crippen MR) is 104 cm³/mol. The summed E-state index contributed by atoms with van der Waals surface area (Å²) in [6.45, 7) is 8.04. The summed E-state index contributed by atoms with van der Waals surface area (Å²) in [7, 11) is 3.67. The van der Waals surface area contributed by atoms with Gasteiger partial charge in [-0.25, -0.2) is 4.98 Å². The van der Waals surface area contributed by atoms with Gasteiger partial charge in [-0.2, -0.15) is 5.10 Å². The molecule has 1 aliphatic heterocycles. The van der Waals surface area contributed by atoms with E-state index in [1.165, 1.54) is 11.1 Å². The van der Waals surface area contributed by atoms with Crippen LogP contribution in [0.25, 0.3) is 0 Å². The first-order valence-corrected chi connectivity index (χ1v) is 9.09. The molecule has 2 heterocycles. The van der Waals surface area contributed by atoms with Gasteiger partial charge in [0.2, 0.25) is 0 Å². The van der Waals surface area contributed by atoms with Crippen molar-refractivity contribution in [1.29, 1.82) is 0 Å². The van der Waals surface area contributed by atoms with E-state index in [9.17, 15) is 0 Å². The predicted octanol–water partition coefficient (Wildman–Crippen LogP) is 1.32. The molecule has 0 bridgehead atoms. The van der Waals surface area contributed by atoms with Crippen molar-refractivity contribution in [2.45, 2.75) is 38.9 Å². The van der Waals surface area contributed by atoms with Crippen molar-refractivity contribution in [1.82, 2.24) is 30.3 Å². The third-order valence-corrected chi connectivity index (χ3v) is 5.12.